The molecule has 1 saturated carbocycles. The first kappa shape index (κ1) is 16.0. The van der Waals surface area contributed by atoms with Crippen LogP contribution in [0.2, 0.25) is 0 Å². The topological polar surface area (TPSA) is 29.5 Å². The van der Waals surface area contributed by atoms with Gasteiger partial charge >= 0.3 is 5.97 Å². The molecule has 1 aliphatic carbocycles. The number of ether oxygens (including phenoxy) is 1. The number of hydrogen-bond acceptors (Lipinski definition) is 3. The van der Waals surface area contributed by atoms with Crippen molar-refractivity contribution in [2.75, 3.05) is 13.1 Å². The van der Waals surface area contributed by atoms with Crippen molar-refractivity contribution in [1.29, 1.82) is 0 Å². The summed E-state index contributed by atoms with van der Waals surface area (Å²) in [5.41, 5.74) is 0.630. The first-order valence-electron chi connectivity index (χ1n) is 8.20. The fraction of sp³-hybridized carbons (Fsp3) is 0.611. The first-order valence-corrected chi connectivity index (χ1v) is 8.20. The maximum absolute atomic E-state index is 12.1. The number of carbonyl (C=O) groups excluding carboxylic acids is 1. The molecule has 0 unspecified atom stereocenters. The van der Waals surface area contributed by atoms with E-state index in [1.807, 2.05) is 25.1 Å². The van der Waals surface area contributed by atoms with E-state index in [0.717, 1.165) is 13.1 Å². The number of nitrogens with zero attached hydrogens (tertiary/aromatic N) is 1. The van der Waals surface area contributed by atoms with E-state index in [1.165, 1.54) is 32.1 Å². The maximum Gasteiger partial charge on any atom is 0.338 e. The van der Waals surface area contributed by atoms with Gasteiger partial charge in [-0.2, -0.15) is 0 Å². The van der Waals surface area contributed by atoms with Gasteiger partial charge in [-0.1, -0.05) is 44.4 Å². The van der Waals surface area contributed by atoms with Gasteiger partial charge in [0, 0.05) is 12.6 Å². The fourth-order valence-electron chi connectivity index (χ4n) is 3.18. The Morgan fingerprint density at radius 3 is 2.52 bits per heavy atom. The summed E-state index contributed by atoms with van der Waals surface area (Å²) in [6.07, 6.45) is 6.53. The Kier molecular flexibility index (Phi) is 6.24. The zero-order valence-corrected chi connectivity index (χ0v) is 13.3. The van der Waals surface area contributed by atoms with Crippen molar-refractivity contribution in [2.45, 2.75) is 58.1 Å². The quantitative estimate of drug-likeness (QED) is 0.744. The summed E-state index contributed by atoms with van der Waals surface area (Å²) in [7, 11) is 0. The van der Waals surface area contributed by atoms with E-state index in [1.54, 1.807) is 12.1 Å². The van der Waals surface area contributed by atoms with E-state index in [2.05, 4.69) is 11.8 Å². The second-order valence-corrected chi connectivity index (χ2v) is 5.96. The first-order chi connectivity index (χ1) is 10.2. The van der Waals surface area contributed by atoms with Crippen molar-refractivity contribution in [1.82, 2.24) is 4.90 Å². The molecule has 116 valence electrons. The molecule has 0 spiro atoms. The Balaban J connectivity index is 1.84. The Morgan fingerprint density at radius 1 is 1.24 bits per heavy atom. The predicted octanol–water partition coefficient (Wildman–Crippen LogP) is 3.89. The van der Waals surface area contributed by atoms with Crippen LogP contribution < -0.4 is 0 Å². The van der Waals surface area contributed by atoms with Crippen LogP contribution in [-0.2, 0) is 4.74 Å². The Labute approximate surface area is 128 Å². The molecule has 0 saturated heterocycles. The maximum atomic E-state index is 12.1. The highest BCUT2D eigenvalue weighted by atomic mass is 16.5. The minimum atomic E-state index is -0.220. The Bertz CT molecular complexity index is 426. The van der Waals surface area contributed by atoms with Gasteiger partial charge in [0.15, 0.2) is 0 Å². The SMILES string of the molecule is CCN(C[C@@H](C)OC(=O)c1ccccc1)C1CCCCC1. The number of carbonyl (C=O) groups is 1. The van der Waals surface area contributed by atoms with Crippen molar-refractivity contribution in [3.63, 3.8) is 0 Å². The fourth-order valence-corrected chi connectivity index (χ4v) is 3.18. The molecule has 3 nitrogen and oxygen atoms in total. The summed E-state index contributed by atoms with van der Waals surface area (Å²) in [5, 5.41) is 0. The Hall–Kier alpha value is -1.35. The van der Waals surface area contributed by atoms with Crippen LogP contribution in [0.1, 0.15) is 56.3 Å². The van der Waals surface area contributed by atoms with E-state index >= 15 is 0 Å². The predicted molar refractivity (Wildman–Crippen MR) is 85.4 cm³/mol. The van der Waals surface area contributed by atoms with Crippen molar-refractivity contribution in [3.05, 3.63) is 35.9 Å². The van der Waals surface area contributed by atoms with E-state index in [9.17, 15) is 4.79 Å². The van der Waals surface area contributed by atoms with E-state index < -0.39 is 0 Å². The molecule has 0 aliphatic heterocycles. The summed E-state index contributed by atoms with van der Waals surface area (Å²) in [4.78, 5) is 14.5. The molecule has 1 atom stereocenters. The smallest absolute Gasteiger partial charge is 0.338 e. The molecule has 1 aromatic rings. The molecule has 1 aliphatic rings. The van der Waals surface area contributed by atoms with Crippen LogP contribution in [0, 0.1) is 0 Å². The minimum absolute atomic E-state index is 0.0698. The van der Waals surface area contributed by atoms with Crippen LogP contribution in [0.25, 0.3) is 0 Å². The van der Waals surface area contributed by atoms with Crippen LogP contribution in [0.4, 0.5) is 0 Å². The molecule has 0 radical (unpaired) electrons. The third-order valence-corrected chi connectivity index (χ3v) is 4.31. The zero-order valence-electron chi connectivity index (χ0n) is 13.3. The average molecular weight is 289 g/mol. The van der Waals surface area contributed by atoms with Crippen molar-refractivity contribution in [2.24, 2.45) is 0 Å². The summed E-state index contributed by atoms with van der Waals surface area (Å²) in [6, 6.07) is 9.90. The molecular weight excluding hydrogens is 262 g/mol. The highest BCUT2D eigenvalue weighted by molar-refractivity contribution is 5.89. The highest BCUT2D eigenvalue weighted by Crippen LogP contribution is 2.22. The van der Waals surface area contributed by atoms with Crippen LogP contribution in [0.15, 0.2) is 30.3 Å². The zero-order chi connectivity index (χ0) is 15.1. The monoisotopic (exact) mass is 289 g/mol. The molecule has 0 amide bonds. The molecule has 0 N–H and O–H groups in total. The van der Waals surface area contributed by atoms with Crippen LogP contribution in [0.5, 0.6) is 0 Å². The van der Waals surface area contributed by atoms with E-state index in [-0.39, 0.29) is 12.1 Å². The van der Waals surface area contributed by atoms with Crippen molar-refractivity contribution < 1.29 is 9.53 Å². The number of esters is 1. The Morgan fingerprint density at radius 2 is 1.90 bits per heavy atom. The second kappa shape index (κ2) is 8.18. The standard InChI is InChI=1S/C18H27NO2/c1-3-19(17-12-8-5-9-13-17)14-15(2)21-18(20)16-10-6-4-7-11-16/h4,6-7,10-11,15,17H,3,5,8-9,12-14H2,1-2H3/t15-/m1/s1. The molecule has 0 aromatic heterocycles. The third kappa shape index (κ3) is 4.85. The van der Waals surface area contributed by atoms with E-state index in [0.29, 0.717) is 11.6 Å². The molecule has 3 heteroatoms. The van der Waals surface area contributed by atoms with Gasteiger partial charge in [-0.3, -0.25) is 4.90 Å². The summed E-state index contributed by atoms with van der Waals surface area (Å²) < 4.78 is 5.58. The van der Waals surface area contributed by atoms with Gasteiger partial charge in [0.25, 0.3) is 0 Å². The molecule has 0 bridgehead atoms. The van der Waals surface area contributed by atoms with Gasteiger partial charge in [0.05, 0.1) is 5.56 Å². The lowest BCUT2D eigenvalue weighted by Crippen LogP contribution is -2.41. The normalized spacial score (nSPS) is 17.7. The lowest BCUT2D eigenvalue weighted by Gasteiger charge is -2.34. The van der Waals surface area contributed by atoms with Gasteiger partial charge in [0.2, 0.25) is 0 Å². The second-order valence-electron chi connectivity index (χ2n) is 5.96. The lowest BCUT2D eigenvalue weighted by molar-refractivity contribution is 0.0189. The average Bonchev–Trinajstić information content (AvgIpc) is 2.54. The molecule has 1 fully saturated rings. The summed E-state index contributed by atoms with van der Waals surface area (Å²) in [6.45, 7) is 6.05. The third-order valence-electron chi connectivity index (χ3n) is 4.31. The largest absolute Gasteiger partial charge is 0.458 e. The molecule has 0 heterocycles. The molecular formula is C18H27NO2. The van der Waals surface area contributed by atoms with Crippen molar-refractivity contribution >= 4 is 5.97 Å². The van der Waals surface area contributed by atoms with Crippen LogP contribution in [0.3, 0.4) is 0 Å². The minimum Gasteiger partial charge on any atom is -0.458 e. The van der Waals surface area contributed by atoms with Gasteiger partial charge in [-0.25, -0.2) is 4.79 Å². The molecule has 21 heavy (non-hydrogen) atoms. The van der Waals surface area contributed by atoms with Gasteiger partial charge in [-0.15, -0.1) is 0 Å². The number of benzene rings is 1. The van der Waals surface area contributed by atoms with E-state index in [4.69, 9.17) is 4.74 Å². The number of hydrogen-bond donors (Lipinski definition) is 0. The number of likely N-dealkylation sites (N-methyl/N-ethyl adjacent to an activating group) is 1. The van der Waals surface area contributed by atoms with Gasteiger partial charge < -0.3 is 4.74 Å². The highest BCUT2D eigenvalue weighted by Gasteiger charge is 2.22. The summed E-state index contributed by atoms with van der Waals surface area (Å²) in [5.74, 6) is -0.220. The van der Waals surface area contributed by atoms with Crippen LogP contribution in [-0.4, -0.2) is 36.1 Å². The van der Waals surface area contributed by atoms with Crippen LogP contribution >= 0.6 is 0 Å². The molecule has 2 rings (SSSR count). The van der Waals surface area contributed by atoms with Gasteiger partial charge in [-0.05, 0) is 38.4 Å². The van der Waals surface area contributed by atoms with Crippen molar-refractivity contribution in [3.8, 4) is 0 Å². The molecule has 1 aromatic carbocycles. The summed E-state index contributed by atoms with van der Waals surface area (Å²) >= 11 is 0. The number of rotatable bonds is 6. The lowest BCUT2D eigenvalue weighted by atomic mass is 9.94. The van der Waals surface area contributed by atoms with Gasteiger partial charge in [0.1, 0.15) is 6.10 Å².